The summed E-state index contributed by atoms with van der Waals surface area (Å²) in [7, 11) is 0. The van der Waals surface area contributed by atoms with Crippen molar-refractivity contribution in [1.29, 1.82) is 0 Å². The highest BCUT2D eigenvalue weighted by molar-refractivity contribution is 5.97. The molecule has 0 saturated heterocycles. The average Bonchev–Trinajstić information content (AvgIpc) is 2.63. The van der Waals surface area contributed by atoms with E-state index in [1.165, 1.54) is 31.2 Å². The van der Waals surface area contributed by atoms with Crippen LogP contribution < -0.4 is 5.32 Å². The summed E-state index contributed by atoms with van der Waals surface area (Å²) in [5.41, 5.74) is 2.97. The minimum absolute atomic E-state index is 0.0770. The molecule has 0 spiro atoms. The molecule has 0 radical (unpaired) electrons. The van der Waals surface area contributed by atoms with Crippen LogP contribution in [0, 0.1) is 24.0 Å². The SMILES string of the molecule is Cc1ccc(C)c(NC(=O)C(C)OC(=O)/C=C/c2cccc([N+](=O)[O-])c2)c1. The molecular formula is C20H20N2O5. The molecule has 1 N–H and O–H groups in total. The van der Waals surface area contributed by atoms with Crippen molar-refractivity contribution >= 4 is 29.3 Å². The molecule has 0 saturated carbocycles. The Morgan fingerprint density at radius 2 is 1.93 bits per heavy atom. The lowest BCUT2D eigenvalue weighted by molar-refractivity contribution is -0.384. The summed E-state index contributed by atoms with van der Waals surface area (Å²) in [6, 6.07) is 11.5. The van der Waals surface area contributed by atoms with Gasteiger partial charge in [-0.1, -0.05) is 24.3 Å². The van der Waals surface area contributed by atoms with E-state index in [2.05, 4.69) is 5.32 Å². The predicted molar refractivity (Wildman–Crippen MR) is 102 cm³/mol. The van der Waals surface area contributed by atoms with Crippen molar-refractivity contribution in [3.05, 3.63) is 75.3 Å². The average molecular weight is 368 g/mol. The van der Waals surface area contributed by atoms with Gasteiger partial charge in [-0.3, -0.25) is 14.9 Å². The highest BCUT2D eigenvalue weighted by Gasteiger charge is 2.17. The Bertz CT molecular complexity index is 905. The minimum atomic E-state index is -0.993. The number of non-ortho nitro benzene ring substituents is 1. The highest BCUT2D eigenvalue weighted by atomic mass is 16.6. The number of aryl methyl sites for hydroxylation is 2. The molecule has 27 heavy (non-hydrogen) atoms. The first-order valence-corrected chi connectivity index (χ1v) is 8.27. The molecule has 1 amide bonds. The van der Waals surface area contributed by atoms with E-state index in [0.29, 0.717) is 11.3 Å². The molecule has 2 rings (SSSR count). The number of anilines is 1. The monoisotopic (exact) mass is 368 g/mol. The van der Waals surface area contributed by atoms with Crippen LogP contribution in [-0.2, 0) is 14.3 Å². The fourth-order valence-corrected chi connectivity index (χ4v) is 2.28. The number of carbonyl (C=O) groups is 2. The number of nitrogens with one attached hydrogen (secondary N) is 1. The molecule has 2 aromatic rings. The number of esters is 1. The summed E-state index contributed by atoms with van der Waals surface area (Å²) in [5.74, 6) is -1.16. The minimum Gasteiger partial charge on any atom is -0.449 e. The number of rotatable bonds is 6. The van der Waals surface area contributed by atoms with Crippen LogP contribution in [0.3, 0.4) is 0 Å². The summed E-state index contributed by atoms with van der Waals surface area (Å²) in [6.45, 7) is 5.25. The Hall–Kier alpha value is -3.48. The Morgan fingerprint density at radius 3 is 2.63 bits per heavy atom. The van der Waals surface area contributed by atoms with Crippen molar-refractivity contribution in [3.8, 4) is 0 Å². The second-order valence-corrected chi connectivity index (χ2v) is 6.07. The van der Waals surface area contributed by atoms with Crippen molar-refractivity contribution in [2.24, 2.45) is 0 Å². The maximum absolute atomic E-state index is 12.2. The largest absolute Gasteiger partial charge is 0.449 e. The van der Waals surface area contributed by atoms with Crippen molar-refractivity contribution in [3.63, 3.8) is 0 Å². The molecule has 0 fully saturated rings. The lowest BCUT2D eigenvalue weighted by Crippen LogP contribution is -2.29. The maximum atomic E-state index is 12.2. The van der Waals surface area contributed by atoms with Crippen LogP contribution in [0.15, 0.2) is 48.5 Å². The second-order valence-electron chi connectivity index (χ2n) is 6.07. The molecule has 140 valence electrons. The first-order valence-electron chi connectivity index (χ1n) is 8.27. The third-order valence-electron chi connectivity index (χ3n) is 3.81. The van der Waals surface area contributed by atoms with E-state index in [9.17, 15) is 19.7 Å². The summed E-state index contributed by atoms with van der Waals surface area (Å²) in [4.78, 5) is 34.4. The van der Waals surface area contributed by atoms with Gasteiger partial charge in [-0.2, -0.15) is 0 Å². The van der Waals surface area contributed by atoms with Crippen LogP contribution in [0.5, 0.6) is 0 Å². The molecule has 0 aromatic heterocycles. The number of hydrogen-bond acceptors (Lipinski definition) is 5. The lowest BCUT2D eigenvalue weighted by atomic mass is 10.1. The van der Waals surface area contributed by atoms with Gasteiger partial charge in [0.05, 0.1) is 4.92 Å². The fraction of sp³-hybridized carbons (Fsp3) is 0.200. The summed E-state index contributed by atoms with van der Waals surface area (Å²) < 4.78 is 5.08. The lowest BCUT2D eigenvalue weighted by Gasteiger charge is -2.14. The number of nitrogens with zero attached hydrogens (tertiary/aromatic N) is 1. The molecule has 1 atom stereocenters. The molecule has 0 aliphatic heterocycles. The number of nitro benzene ring substituents is 1. The third-order valence-corrected chi connectivity index (χ3v) is 3.81. The van der Waals surface area contributed by atoms with Crippen molar-refractivity contribution < 1.29 is 19.2 Å². The number of hydrogen-bond donors (Lipinski definition) is 1. The van der Waals surface area contributed by atoms with Gasteiger partial charge in [0.1, 0.15) is 0 Å². The zero-order valence-electron chi connectivity index (χ0n) is 15.3. The van der Waals surface area contributed by atoms with Crippen LogP contribution in [0.1, 0.15) is 23.6 Å². The number of carbonyl (C=O) groups excluding carboxylic acids is 2. The predicted octanol–water partition coefficient (Wildman–Crippen LogP) is 3.80. The third kappa shape index (κ3) is 5.78. The standard InChI is InChI=1S/C20H20N2O5/c1-13-7-8-14(2)18(11-13)21-20(24)15(3)27-19(23)10-9-16-5-4-6-17(12-16)22(25)26/h4-12,15H,1-3H3,(H,21,24)/b10-9+. The molecule has 7 nitrogen and oxygen atoms in total. The van der Waals surface area contributed by atoms with Gasteiger partial charge in [0.25, 0.3) is 11.6 Å². The molecule has 0 aliphatic carbocycles. The van der Waals surface area contributed by atoms with Crippen LogP contribution >= 0.6 is 0 Å². The molecule has 0 heterocycles. The summed E-state index contributed by atoms with van der Waals surface area (Å²) in [6.07, 6.45) is 1.53. The van der Waals surface area contributed by atoms with Gasteiger partial charge in [-0.05, 0) is 49.6 Å². The molecular weight excluding hydrogens is 348 g/mol. The van der Waals surface area contributed by atoms with Crippen molar-refractivity contribution in [1.82, 2.24) is 0 Å². The van der Waals surface area contributed by atoms with E-state index in [1.807, 2.05) is 32.0 Å². The van der Waals surface area contributed by atoms with E-state index in [1.54, 1.807) is 6.07 Å². The van der Waals surface area contributed by atoms with E-state index >= 15 is 0 Å². The molecule has 2 aromatic carbocycles. The Labute approximate surface area is 156 Å². The van der Waals surface area contributed by atoms with Gasteiger partial charge in [-0.15, -0.1) is 0 Å². The fourth-order valence-electron chi connectivity index (χ4n) is 2.28. The van der Waals surface area contributed by atoms with E-state index in [4.69, 9.17) is 4.74 Å². The van der Waals surface area contributed by atoms with Gasteiger partial charge in [0, 0.05) is 23.9 Å². The van der Waals surface area contributed by atoms with Crippen LogP contribution in [0.4, 0.5) is 11.4 Å². The van der Waals surface area contributed by atoms with Gasteiger partial charge < -0.3 is 10.1 Å². The van der Waals surface area contributed by atoms with Crippen LogP contribution in [0.25, 0.3) is 6.08 Å². The number of nitro groups is 1. The zero-order valence-corrected chi connectivity index (χ0v) is 15.3. The van der Waals surface area contributed by atoms with E-state index in [-0.39, 0.29) is 5.69 Å². The first-order chi connectivity index (χ1) is 12.8. The molecule has 0 bridgehead atoms. The number of amides is 1. The van der Waals surface area contributed by atoms with Gasteiger partial charge in [0.15, 0.2) is 6.10 Å². The second kappa shape index (κ2) is 8.75. The molecule has 7 heteroatoms. The smallest absolute Gasteiger partial charge is 0.331 e. The Balaban J connectivity index is 1.96. The van der Waals surface area contributed by atoms with Crippen LogP contribution in [0.2, 0.25) is 0 Å². The summed E-state index contributed by atoms with van der Waals surface area (Å²) >= 11 is 0. The Kier molecular flexibility index (Phi) is 6.43. The normalized spacial score (nSPS) is 11.8. The zero-order chi connectivity index (χ0) is 20.0. The van der Waals surface area contributed by atoms with Gasteiger partial charge in [-0.25, -0.2) is 4.79 Å². The number of benzene rings is 2. The number of ether oxygens (including phenoxy) is 1. The quantitative estimate of drug-likeness (QED) is 0.362. The van der Waals surface area contributed by atoms with Crippen molar-refractivity contribution in [2.45, 2.75) is 26.9 Å². The Morgan fingerprint density at radius 1 is 1.19 bits per heavy atom. The topological polar surface area (TPSA) is 98.5 Å². The highest BCUT2D eigenvalue weighted by Crippen LogP contribution is 2.17. The van der Waals surface area contributed by atoms with E-state index in [0.717, 1.165) is 17.2 Å². The van der Waals surface area contributed by atoms with Gasteiger partial charge >= 0.3 is 5.97 Å². The molecule has 1 unspecified atom stereocenters. The summed E-state index contributed by atoms with van der Waals surface area (Å²) in [5, 5.41) is 13.5. The molecule has 0 aliphatic rings. The maximum Gasteiger partial charge on any atom is 0.331 e. The van der Waals surface area contributed by atoms with Crippen LogP contribution in [-0.4, -0.2) is 22.9 Å². The first kappa shape index (κ1) is 19.8. The van der Waals surface area contributed by atoms with E-state index < -0.39 is 22.9 Å². The van der Waals surface area contributed by atoms with Crippen molar-refractivity contribution in [2.75, 3.05) is 5.32 Å². The van der Waals surface area contributed by atoms with Gasteiger partial charge in [0.2, 0.25) is 0 Å².